The van der Waals surface area contributed by atoms with Gasteiger partial charge in [-0.2, -0.15) is 0 Å². The largest absolute Gasteiger partial charge is 0.367 e. The molecule has 0 aliphatic carbocycles. The Morgan fingerprint density at radius 2 is 2.19 bits per heavy atom. The van der Waals surface area contributed by atoms with E-state index in [0.29, 0.717) is 12.2 Å². The molecule has 0 aliphatic heterocycles. The molecule has 0 aliphatic rings. The van der Waals surface area contributed by atoms with E-state index in [1.807, 2.05) is 23.4 Å². The lowest BCUT2D eigenvalue weighted by molar-refractivity contribution is 0.579. The molecule has 21 heavy (non-hydrogen) atoms. The second-order valence-electron chi connectivity index (χ2n) is 5.04. The summed E-state index contributed by atoms with van der Waals surface area (Å²) in [6.45, 7) is 5.68. The molecular formula is C16H20BrFN2S. The molecule has 0 spiro atoms. The molecule has 114 valence electrons. The topological polar surface area (TPSA) is 15.3 Å². The Morgan fingerprint density at radius 3 is 2.81 bits per heavy atom. The molecule has 1 N–H and O–H groups in total. The first-order valence-corrected chi connectivity index (χ1v) is 8.66. The molecule has 1 heterocycles. The van der Waals surface area contributed by atoms with Gasteiger partial charge in [0.25, 0.3) is 0 Å². The van der Waals surface area contributed by atoms with Gasteiger partial charge in [-0.1, -0.05) is 19.1 Å². The number of anilines is 1. The van der Waals surface area contributed by atoms with Crippen molar-refractivity contribution in [3.05, 3.63) is 50.4 Å². The maximum absolute atomic E-state index is 14.3. The maximum Gasteiger partial charge on any atom is 0.146 e. The number of nitrogens with one attached hydrogen (secondary N) is 1. The van der Waals surface area contributed by atoms with Gasteiger partial charge in [0.05, 0.1) is 12.2 Å². The van der Waals surface area contributed by atoms with Gasteiger partial charge in [-0.15, -0.1) is 11.3 Å². The van der Waals surface area contributed by atoms with Crippen LogP contribution in [0.5, 0.6) is 0 Å². The van der Waals surface area contributed by atoms with Crippen molar-refractivity contribution in [2.75, 3.05) is 18.5 Å². The van der Waals surface area contributed by atoms with Gasteiger partial charge in [-0.25, -0.2) is 4.39 Å². The molecule has 0 saturated carbocycles. The highest BCUT2D eigenvalue weighted by Gasteiger charge is 2.17. The van der Waals surface area contributed by atoms with Crippen LogP contribution in [-0.2, 0) is 6.54 Å². The summed E-state index contributed by atoms with van der Waals surface area (Å²) in [4.78, 5) is 3.19. The minimum absolute atomic E-state index is 0.123. The van der Waals surface area contributed by atoms with Crippen LogP contribution in [0, 0.1) is 5.82 Å². The Hall–Kier alpha value is -0.910. The van der Waals surface area contributed by atoms with Crippen LogP contribution in [0.1, 0.15) is 30.3 Å². The predicted octanol–water partition coefficient (Wildman–Crippen LogP) is 4.96. The van der Waals surface area contributed by atoms with E-state index in [9.17, 15) is 4.39 Å². The molecule has 0 amide bonds. The quantitative estimate of drug-likeness (QED) is 0.772. The third-order valence-electron chi connectivity index (χ3n) is 3.39. The third-order valence-corrected chi connectivity index (χ3v) is 5.07. The SMILES string of the molecule is CCNC(C)c1cccc(F)c1N(C)Cc1cc(Br)cs1. The number of benzene rings is 1. The van der Waals surface area contributed by atoms with Gasteiger partial charge < -0.3 is 10.2 Å². The molecule has 0 bridgehead atoms. The number of hydrogen-bond donors (Lipinski definition) is 1. The zero-order chi connectivity index (χ0) is 15.4. The molecule has 1 aromatic carbocycles. The zero-order valence-corrected chi connectivity index (χ0v) is 14.9. The molecule has 0 radical (unpaired) electrons. The van der Waals surface area contributed by atoms with Crippen molar-refractivity contribution >= 4 is 33.0 Å². The second-order valence-corrected chi connectivity index (χ2v) is 6.96. The van der Waals surface area contributed by atoms with E-state index in [1.54, 1.807) is 17.4 Å². The van der Waals surface area contributed by atoms with Crippen molar-refractivity contribution in [2.24, 2.45) is 0 Å². The highest BCUT2D eigenvalue weighted by atomic mass is 79.9. The lowest BCUT2D eigenvalue weighted by Crippen LogP contribution is -2.24. The van der Waals surface area contributed by atoms with Crippen LogP contribution in [0.25, 0.3) is 0 Å². The zero-order valence-electron chi connectivity index (χ0n) is 12.5. The number of halogens is 2. The third kappa shape index (κ3) is 4.05. The van der Waals surface area contributed by atoms with Crippen molar-refractivity contribution in [3.63, 3.8) is 0 Å². The van der Waals surface area contributed by atoms with Crippen LogP contribution in [0.2, 0.25) is 0 Å². The molecule has 0 fully saturated rings. The van der Waals surface area contributed by atoms with Crippen LogP contribution in [0.3, 0.4) is 0 Å². The standard InChI is InChI=1S/C16H20BrFN2S/c1-4-19-11(2)14-6-5-7-15(18)16(14)20(3)9-13-8-12(17)10-21-13/h5-8,10-11,19H,4,9H2,1-3H3. The number of para-hydroxylation sites is 1. The summed E-state index contributed by atoms with van der Waals surface area (Å²) < 4.78 is 15.4. The molecule has 2 rings (SSSR count). The molecule has 1 aromatic heterocycles. The monoisotopic (exact) mass is 370 g/mol. The average Bonchev–Trinajstić information content (AvgIpc) is 2.83. The second kappa shape index (κ2) is 7.38. The van der Waals surface area contributed by atoms with Crippen LogP contribution in [0.15, 0.2) is 34.1 Å². The van der Waals surface area contributed by atoms with Crippen molar-refractivity contribution < 1.29 is 4.39 Å². The van der Waals surface area contributed by atoms with E-state index >= 15 is 0 Å². The van der Waals surface area contributed by atoms with Crippen molar-refractivity contribution in [3.8, 4) is 0 Å². The Kier molecular flexibility index (Phi) is 5.79. The first kappa shape index (κ1) is 16.5. The van der Waals surface area contributed by atoms with E-state index in [2.05, 4.69) is 41.2 Å². The van der Waals surface area contributed by atoms with Crippen molar-refractivity contribution in [1.29, 1.82) is 0 Å². The fourth-order valence-electron chi connectivity index (χ4n) is 2.45. The Morgan fingerprint density at radius 1 is 1.43 bits per heavy atom. The average molecular weight is 371 g/mol. The first-order chi connectivity index (χ1) is 10.0. The highest BCUT2D eigenvalue weighted by molar-refractivity contribution is 9.10. The van der Waals surface area contributed by atoms with E-state index in [-0.39, 0.29) is 11.9 Å². The molecule has 1 atom stereocenters. The lowest BCUT2D eigenvalue weighted by atomic mass is 10.0. The van der Waals surface area contributed by atoms with Crippen LogP contribution < -0.4 is 10.2 Å². The molecule has 2 nitrogen and oxygen atoms in total. The minimum Gasteiger partial charge on any atom is -0.367 e. The van der Waals surface area contributed by atoms with Gasteiger partial charge in [-0.05, 0) is 47.1 Å². The van der Waals surface area contributed by atoms with E-state index in [1.165, 1.54) is 10.9 Å². The van der Waals surface area contributed by atoms with Gasteiger partial charge in [-0.3, -0.25) is 0 Å². The smallest absolute Gasteiger partial charge is 0.146 e. The van der Waals surface area contributed by atoms with Crippen LogP contribution in [-0.4, -0.2) is 13.6 Å². The Labute approximate surface area is 138 Å². The summed E-state index contributed by atoms with van der Waals surface area (Å²) in [5.74, 6) is -0.171. The molecule has 5 heteroatoms. The van der Waals surface area contributed by atoms with Gasteiger partial charge in [0.1, 0.15) is 5.82 Å². The lowest BCUT2D eigenvalue weighted by Gasteiger charge is -2.25. The van der Waals surface area contributed by atoms with Gasteiger partial charge in [0.2, 0.25) is 0 Å². The fraction of sp³-hybridized carbons (Fsp3) is 0.375. The van der Waals surface area contributed by atoms with E-state index in [4.69, 9.17) is 0 Å². The summed E-state index contributed by atoms with van der Waals surface area (Å²) in [6, 6.07) is 7.50. The number of nitrogens with zero attached hydrogens (tertiary/aromatic N) is 1. The van der Waals surface area contributed by atoms with Crippen molar-refractivity contribution in [1.82, 2.24) is 5.32 Å². The summed E-state index contributed by atoms with van der Waals surface area (Å²) in [5, 5.41) is 5.40. The van der Waals surface area contributed by atoms with Crippen molar-refractivity contribution in [2.45, 2.75) is 26.4 Å². The number of thiophene rings is 1. The van der Waals surface area contributed by atoms with Gasteiger partial charge in [0, 0.05) is 27.8 Å². The normalized spacial score (nSPS) is 12.4. The van der Waals surface area contributed by atoms with Crippen LogP contribution in [0.4, 0.5) is 10.1 Å². The highest BCUT2D eigenvalue weighted by Crippen LogP contribution is 2.31. The summed E-state index contributed by atoms with van der Waals surface area (Å²) in [7, 11) is 1.94. The summed E-state index contributed by atoms with van der Waals surface area (Å²) >= 11 is 5.14. The molecular weight excluding hydrogens is 351 g/mol. The Balaban J connectivity index is 2.28. The van der Waals surface area contributed by atoms with Gasteiger partial charge >= 0.3 is 0 Å². The fourth-order valence-corrected chi connectivity index (χ4v) is 3.95. The number of rotatable bonds is 6. The summed E-state index contributed by atoms with van der Waals surface area (Å²) in [5.41, 5.74) is 1.67. The summed E-state index contributed by atoms with van der Waals surface area (Å²) in [6.07, 6.45) is 0. The van der Waals surface area contributed by atoms with E-state index in [0.717, 1.165) is 16.6 Å². The van der Waals surface area contributed by atoms with Crippen LogP contribution >= 0.6 is 27.3 Å². The van der Waals surface area contributed by atoms with Gasteiger partial charge in [0.15, 0.2) is 0 Å². The predicted molar refractivity (Wildman–Crippen MR) is 92.6 cm³/mol. The van der Waals surface area contributed by atoms with E-state index < -0.39 is 0 Å². The molecule has 1 unspecified atom stereocenters. The maximum atomic E-state index is 14.3. The Bertz CT molecular complexity index is 600. The molecule has 0 saturated heterocycles. The first-order valence-electron chi connectivity index (χ1n) is 6.98. The minimum atomic E-state index is -0.171. The molecule has 2 aromatic rings. The number of hydrogen-bond acceptors (Lipinski definition) is 3.